The molecule has 0 unspecified atom stereocenters. The molecule has 2 aromatic rings. The minimum Gasteiger partial charge on any atom is -0.396 e. The highest BCUT2D eigenvalue weighted by molar-refractivity contribution is 5.74. The fourth-order valence-corrected chi connectivity index (χ4v) is 1.96. The maximum absolute atomic E-state index is 11.9. The number of aromatic amines is 1. The number of aliphatic hydroxyl groups excluding tert-OH is 1. The Balaban J connectivity index is 2.60. The normalized spacial score (nSPS) is 11.1. The summed E-state index contributed by atoms with van der Waals surface area (Å²) in [7, 11) is 1.56. The van der Waals surface area contributed by atoms with Crippen molar-refractivity contribution in [1.82, 2.24) is 19.1 Å². The molecule has 2 rings (SSSR count). The summed E-state index contributed by atoms with van der Waals surface area (Å²) < 4.78 is 3.02. The topological polar surface area (TPSA) is 105 Å². The molecule has 2 aromatic heterocycles. The molecule has 0 spiro atoms. The van der Waals surface area contributed by atoms with Gasteiger partial charge in [0.15, 0.2) is 11.2 Å². The molecule has 8 heteroatoms. The lowest BCUT2D eigenvalue weighted by molar-refractivity contribution is 0.292. The average molecular weight is 267 g/mol. The zero-order valence-corrected chi connectivity index (χ0v) is 10.9. The van der Waals surface area contributed by atoms with Crippen LogP contribution in [0.2, 0.25) is 0 Å². The molecular weight excluding hydrogens is 250 g/mol. The van der Waals surface area contributed by atoms with Gasteiger partial charge in [0.25, 0.3) is 5.56 Å². The molecule has 2 heterocycles. The predicted molar refractivity (Wildman–Crippen MR) is 71.5 cm³/mol. The highest BCUT2D eigenvalue weighted by Crippen LogP contribution is 2.14. The molecule has 0 radical (unpaired) electrons. The van der Waals surface area contributed by atoms with Gasteiger partial charge in [-0.05, 0) is 13.3 Å². The third-order valence-electron chi connectivity index (χ3n) is 2.94. The lowest BCUT2D eigenvalue weighted by Crippen LogP contribution is -2.29. The third-order valence-corrected chi connectivity index (χ3v) is 2.94. The molecule has 0 aliphatic heterocycles. The number of rotatable bonds is 5. The lowest BCUT2D eigenvalue weighted by Gasteiger charge is -2.06. The van der Waals surface area contributed by atoms with Gasteiger partial charge in [-0.15, -0.1) is 0 Å². The van der Waals surface area contributed by atoms with E-state index < -0.39 is 11.2 Å². The maximum atomic E-state index is 11.9. The predicted octanol–water partition coefficient (Wildman–Crippen LogP) is -0.762. The van der Waals surface area contributed by atoms with Gasteiger partial charge < -0.3 is 15.0 Å². The first-order valence-corrected chi connectivity index (χ1v) is 6.14. The van der Waals surface area contributed by atoms with Crippen molar-refractivity contribution < 1.29 is 5.11 Å². The first kappa shape index (κ1) is 13.3. The Morgan fingerprint density at radius 1 is 1.42 bits per heavy atom. The first-order valence-electron chi connectivity index (χ1n) is 6.14. The van der Waals surface area contributed by atoms with Crippen LogP contribution in [0.25, 0.3) is 11.2 Å². The van der Waals surface area contributed by atoms with Crippen LogP contribution >= 0.6 is 0 Å². The van der Waals surface area contributed by atoms with E-state index in [0.717, 1.165) is 0 Å². The number of hydrogen-bond donors (Lipinski definition) is 3. The van der Waals surface area contributed by atoms with Crippen molar-refractivity contribution in [2.45, 2.75) is 19.9 Å². The van der Waals surface area contributed by atoms with Crippen molar-refractivity contribution >= 4 is 17.1 Å². The second kappa shape index (κ2) is 5.27. The van der Waals surface area contributed by atoms with Crippen LogP contribution in [0, 0.1) is 0 Å². The Bertz CT molecular complexity index is 697. The van der Waals surface area contributed by atoms with Crippen LogP contribution in [0.5, 0.6) is 0 Å². The highest BCUT2D eigenvalue weighted by Gasteiger charge is 2.15. The molecule has 8 nitrogen and oxygen atoms in total. The summed E-state index contributed by atoms with van der Waals surface area (Å²) in [5, 5.41) is 11.8. The zero-order valence-electron chi connectivity index (χ0n) is 10.9. The number of imidazole rings is 1. The van der Waals surface area contributed by atoms with E-state index in [0.29, 0.717) is 36.6 Å². The van der Waals surface area contributed by atoms with Crippen LogP contribution in [0.4, 0.5) is 5.95 Å². The molecule has 0 aliphatic carbocycles. The van der Waals surface area contributed by atoms with Crippen molar-refractivity contribution in [3.63, 3.8) is 0 Å². The van der Waals surface area contributed by atoms with E-state index in [2.05, 4.69) is 15.3 Å². The summed E-state index contributed by atoms with van der Waals surface area (Å²) in [6.07, 6.45) is 0.586. The second-order valence-corrected chi connectivity index (χ2v) is 4.17. The molecule has 0 amide bonds. The van der Waals surface area contributed by atoms with Crippen molar-refractivity contribution in [3.05, 3.63) is 20.8 Å². The van der Waals surface area contributed by atoms with Gasteiger partial charge in [0.05, 0.1) is 0 Å². The summed E-state index contributed by atoms with van der Waals surface area (Å²) in [6, 6.07) is 0. The minimum absolute atomic E-state index is 0.0818. The summed E-state index contributed by atoms with van der Waals surface area (Å²) in [5.74, 6) is 0.526. The van der Waals surface area contributed by atoms with Crippen LogP contribution in [0.3, 0.4) is 0 Å². The van der Waals surface area contributed by atoms with Crippen molar-refractivity contribution in [2.24, 2.45) is 7.05 Å². The van der Waals surface area contributed by atoms with Crippen LogP contribution < -0.4 is 16.6 Å². The van der Waals surface area contributed by atoms with Gasteiger partial charge in [0.2, 0.25) is 5.95 Å². The van der Waals surface area contributed by atoms with E-state index >= 15 is 0 Å². The Hall–Kier alpha value is -2.09. The summed E-state index contributed by atoms with van der Waals surface area (Å²) in [5.41, 5.74) is -0.207. The summed E-state index contributed by atoms with van der Waals surface area (Å²) in [4.78, 5) is 30.0. The van der Waals surface area contributed by atoms with Crippen molar-refractivity contribution in [3.8, 4) is 0 Å². The van der Waals surface area contributed by atoms with Crippen molar-refractivity contribution in [1.29, 1.82) is 0 Å². The molecule has 104 valence electrons. The first-order chi connectivity index (χ1) is 9.10. The molecule has 0 saturated carbocycles. The van der Waals surface area contributed by atoms with Gasteiger partial charge in [-0.3, -0.25) is 14.3 Å². The molecule has 0 bridgehead atoms. The lowest BCUT2D eigenvalue weighted by atomic mass is 10.4. The third kappa shape index (κ3) is 2.26. The van der Waals surface area contributed by atoms with E-state index in [1.807, 2.05) is 6.92 Å². The highest BCUT2D eigenvalue weighted by atomic mass is 16.3. The van der Waals surface area contributed by atoms with E-state index in [-0.39, 0.29) is 6.61 Å². The standard InChI is InChI=1S/C11H17N5O3/c1-3-16-7-8(13-10(16)12-5-4-6-17)15(2)11(19)14-9(7)18/h17H,3-6H2,1-2H3,(H,12,13)(H,14,18,19). The van der Waals surface area contributed by atoms with Crippen molar-refractivity contribution in [2.75, 3.05) is 18.5 Å². The number of nitrogens with one attached hydrogen (secondary N) is 2. The van der Waals surface area contributed by atoms with Gasteiger partial charge >= 0.3 is 5.69 Å². The molecule has 0 atom stereocenters. The number of nitrogens with zero attached hydrogens (tertiary/aromatic N) is 3. The Labute approximate surface area is 108 Å². The maximum Gasteiger partial charge on any atom is 0.329 e. The van der Waals surface area contributed by atoms with Crippen LogP contribution in [-0.2, 0) is 13.6 Å². The van der Waals surface area contributed by atoms with E-state index in [1.54, 1.807) is 11.6 Å². The smallest absolute Gasteiger partial charge is 0.329 e. The van der Waals surface area contributed by atoms with Gasteiger partial charge in [-0.2, -0.15) is 4.98 Å². The average Bonchev–Trinajstić information content (AvgIpc) is 2.75. The van der Waals surface area contributed by atoms with E-state index in [9.17, 15) is 9.59 Å². The van der Waals surface area contributed by atoms with E-state index in [1.165, 1.54) is 4.57 Å². The largest absolute Gasteiger partial charge is 0.396 e. The number of aryl methyl sites for hydroxylation is 2. The Morgan fingerprint density at radius 3 is 2.79 bits per heavy atom. The SMILES string of the molecule is CCn1c(NCCCO)nc2c1c(=O)[nH]c(=O)n2C. The zero-order chi connectivity index (χ0) is 14.0. The van der Waals surface area contributed by atoms with Gasteiger partial charge in [-0.25, -0.2) is 4.79 Å². The van der Waals surface area contributed by atoms with Crippen LogP contribution in [0.15, 0.2) is 9.59 Å². The fourth-order valence-electron chi connectivity index (χ4n) is 1.96. The molecular formula is C11H17N5O3. The number of fused-ring (bicyclic) bond motifs is 1. The van der Waals surface area contributed by atoms with Gasteiger partial charge in [0, 0.05) is 26.7 Å². The number of hydrogen-bond acceptors (Lipinski definition) is 5. The van der Waals surface area contributed by atoms with Crippen LogP contribution in [-0.4, -0.2) is 37.4 Å². The van der Waals surface area contributed by atoms with E-state index in [4.69, 9.17) is 5.11 Å². The summed E-state index contributed by atoms with van der Waals surface area (Å²) in [6.45, 7) is 3.08. The molecule has 3 N–H and O–H groups in total. The number of H-pyrrole nitrogens is 1. The molecule has 0 aliphatic rings. The summed E-state index contributed by atoms with van der Waals surface area (Å²) >= 11 is 0. The monoisotopic (exact) mass is 267 g/mol. The Kier molecular flexibility index (Phi) is 3.70. The van der Waals surface area contributed by atoms with Crippen LogP contribution in [0.1, 0.15) is 13.3 Å². The number of aliphatic hydroxyl groups is 1. The van der Waals surface area contributed by atoms with Gasteiger partial charge in [-0.1, -0.05) is 0 Å². The number of anilines is 1. The molecule has 0 fully saturated rings. The van der Waals surface area contributed by atoms with Gasteiger partial charge in [0.1, 0.15) is 0 Å². The number of aromatic nitrogens is 4. The fraction of sp³-hybridized carbons (Fsp3) is 0.545. The molecule has 19 heavy (non-hydrogen) atoms. The Morgan fingerprint density at radius 2 is 2.16 bits per heavy atom. The minimum atomic E-state index is -0.486. The molecule has 0 aromatic carbocycles. The second-order valence-electron chi connectivity index (χ2n) is 4.17. The molecule has 0 saturated heterocycles. The quantitative estimate of drug-likeness (QED) is 0.617.